The third-order valence-electron chi connectivity index (χ3n) is 10.4. The Balaban J connectivity index is 0.000000252. The molecule has 320 valence electrons. The van der Waals surface area contributed by atoms with Crippen LogP contribution >= 0.6 is 69.6 Å². The van der Waals surface area contributed by atoms with Crippen LogP contribution in [0, 0.1) is 12.1 Å². The van der Waals surface area contributed by atoms with E-state index in [4.69, 9.17) is 69.6 Å². The maximum atomic E-state index is 5.94. The largest absolute Gasteiger partial charge is 1.00 e. The molecule has 0 saturated heterocycles. The van der Waals surface area contributed by atoms with E-state index in [-0.39, 0.29) is 35.6 Å². The maximum Gasteiger partial charge on any atom is -0.109 e. The summed E-state index contributed by atoms with van der Waals surface area (Å²) in [5, 5.41) is 0. The van der Waals surface area contributed by atoms with Gasteiger partial charge in [-0.1, -0.05) is 131 Å². The van der Waals surface area contributed by atoms with Crippen molar-refractivity contribution in [2.75, 3.05) is 0 Å². The zero-order valence-electron chi connectivity index (χ0n) is 35.3. The summed E-state index contributed by atoms with van der Waals surface area (Å²) in [6.07, 6.45) is 10.9. The fourth-order valence-electron chi connectivity index (χ4n) is 7.31. The van der Waals surface area contributed by atoms with E-state index in [0.717, 1.165) is 27.2 Å². The Morgan fingerprint density at radius 1 is 0.548 bits per heavy atom. The molecule has 0 nitrogen and oxygen atoms in total. The fourth-order valence-corrected chi connectivity index (χ4v) is 8.78. The summed E-state index contributed by atoms with van der Waals surface area (Å²) in [5.41, 5.74) is 16.7. The number of rotatable bonds is 4. The number of alkyl halides is 6. The monoisotopic (exact) mass is 1050 g/mol. The van der Waals surface area contributed by atoms with Crippen molar-refractivity contribution in [1.82, 2.24) is 0 Å². The van der Waals surface area contributed by atoms with Crippen molar-refractivity contribution in [2.45, 2.75) is 72.8 Å². The minimum atomic E-state index is -1.45. The second kappa shape index (κ2) is 21.9. The molecule has 62 heavy (non-hydrogen) atoms. The van der Waals surface area contributed by atoms with Crippen LogP contribution in [0.3, 0.4) is 0 Å². The summed E-state index contributed by atoms with van der Waals surface area (Å²) in [4.78, 5) is 0. The molecule has 0 bridgehead atoms. The van der Waals surface area contributed by atoms with Gasteiger partial charge in [0.05, 0.1) is 0 Å². The van der Waals surface area contributed by atoms with E-state index in [1.165, 1.54) is 79.9 Å². The van der Waals surface area contributed by atoms with Gasteiger partial charge in [-0.2, -0.15) is 6.08 Å². The molecule has 6 aromatic carbocycles. The minimum absolute atomic E-state index is 0. The Morgan fingerprint density at radius 2 is 1.05 bits per heavy atom. The van der Waals surface area contributed by atoms with Gasteiger partial charge in [-0.15, -0.1) is 35.2 Å². The molecule has 9 heteroatoms. The molecular weight excluding hydrogens is 1010 g/mol. The Hall–Kier alpha value is -2.13. The Labute approximate surface area is 426 Å². The first kappa shape index (κ1) is 52.5. The Kier molecular flexibility index (Phi) is 18.5. The van der Waals surface area contributed by atoms with Crippen LogP contribution in [0.15, 0.2) is 146 Å². The van der Waals surface area contributed by atoms with Crippen molar-refractivity contribution in [3.63, 3.8) is 0 Å². The van der Waals surface area contributed by atoms with Crippen LogP contribution < -0.4 is 24.8 Å². The molecule has 8 rings (SSSR count). The van der Waals surface area contributed by atoms with Gasteiger partial charge < -0.3 is 24.8 Å². The van der Waals surface area contributed by atoms with Crippen molar-refractivity contribution in [1.29, 1.82) is 0 Å². The maximum absolute atomic E-state index is 5.94. The SMILES string of the molecule is CC(C)(C)c1cc2c([c-]c1-c1ccccc1)Cc1cc(-c3ccccc3)c(C(C)(C)C)cc1-2.ClC(Cl)(Cl)c1cccc([C](=[Zr+2])c2cccc(C(Cl)(Cl)Cl)c2)c1.[C-]1=CC=CC1.[Cl-].[Cl-]. The Bertz CT molecular complexity index is 2360. The quantitative estimate of drug-likeness (QED) is 0.122. The zero-order chi connectivity index (χ0) is 43.5. The molecule has 0 heterocycles. The molecule has 0 aromatic heterocycles. The molecule has 0 amide bonds. The molecule has 0 spiro atoms. The predicted molar refractivity (Wildman–Crippen MR) is 258 cm³/mol. The average molecular weight is 1060 g/mol. The molecule has 0 unspecified atom stereocenters. The summed E-state index contributed by atoms with van der Waals surface area (Å²) in [6.45, 7) is 13.9. The number of fused-ring (bicyclic) bond motifs is 3. The first-order valence-electron chi connectivity index (χ1n) is 19.8. The summed E-state index contributed by atoms with van der Waals surface area (Å²) in [7, 11) is 0. The van der Waals surface area contributed by atoms with Crippen LogP contribution in [0.1, 0.15) is 92.5 Å². The molecule has 2 aliphatic carbocycles. The van der Waals surface area contributed by atoms with Crippen LogP contribution in [0.25, 0.3) is 33.4 Å². The van der Waals surface area contributed by atoms with Gasteiger partial charge in [0.25, 0.3) is 0 Å². The summed E-state index contributed by atoms with van der Waals surface area (Å²) in [6, 6.07) is 47.7. The predicted octanol–water partition coefficient (Wildman–Crippen LogP) is 10.8. The van der Waals surface area contributed by atoms with E-state index in [0.29, 0.717) is 11.1 Å². The van der Waals surface area contributed by atoms with E-state index in [1.54, 1.807) is 12.1 Å². The molecular formula is C53H46Cl8Zr-2. The van der Waals surface area contributed by atoms with E-state index in [9.17, 15) is 0 Å². The van der Waals surface area contributed by atoms with Crippen LogP contribution in [0.4, 0.5) is 0 Å². The fraction of sp³-hybridized carbons (Fsp3) is 0.226. The van der Waals surface area contributed by atoms with Crippen molar-refractivity contribution < 1.29 is 49.0 Å². The van der Waals surface area contributed by atoms with Crippen LogP contribution in [-0.2, 0) is 49.1 Å². The molecule has 0 radical (unpaired) electrons. The average Bonchev–Trinajstić information content (AvgIpc) is 3.91. The zero-order valence-corrected chi connectivity index (χ0v) is 43.8. The second-order valence-corrected chi connectivity index (χ2v) is 22.7. The third kappa shape index (κ3) is 13.2. The van der Waals surface area contributed by atoms with Gasteiger partial charge in [0, 0.05) is 0 Å². The van der Waals surface area contributed by atoms with E-state index >= 15 is 0 Å². The number of halogens is 8. The second-order valence-electron chi connectivity index (χ2n) is 16.9. The number of hydrogen-bond donors (Lipinski definition) is 0. The smallest absolute Gasteiger partial charge is 0.109 e. The number of benzene rings is 6. The van der Waals surface area contributed by atoms with Gasteiger partial charge in [-0.3, -0.25) is 6.08 Å². The first-order valence-corrected chi connectivity index (χ1v) is 23.3. The molecule has 0 saturated carbocycles. The van der Waals surface area contributed by atoms with Crippen molar-refractivity contribution in [2.24, 2.45) is 0 Å². The molecule has 0 atom stereocenters. The van der Waals surface area contributed by atoms with E-state index < -0.39 is 7.59 Å². The number of hydrogen-bond acceptors (Lipinski definition) is 0. The van der Waals surface area contributed by atoms with E-state index in [1.807, 2.05) is 48.6 Å². The molecule has 0 fully saturated rings. The molecule has 0 N–H and O–H groups in total. The summed E-state index contributed by atoms with van der Waals surface area (Å²) >= 11 is 36.9. The molecule has 0 aliphatic heterocycles. The van der Waals surface area contributed by atoms with Gasteiger partial charge in [-0.25, -0.2) is 12.2 Å². The standard InChI is InChI=1S/C33H33.C15H8Cl6.C5H5.2ClH.Zr/c1-32(2,3)30-20-26-24(18-28(30)22-13-9-7-10-14-22)17-25-19-29(23-15-11-8-12-16-23)31(21-27(25)26)33(4,5)6;16-14(17,18)12-5-1-3-10(8-12)7-11-4-2-6-13(9-11)15(19,20)21;1-2-4-5-3-1;;;/h7-16,18,20-21H,17H2,1-6H3;1-6,8-9H;1-3H,4H2;2*1H;/q-1;;-1;;;+2/p-2. The van der Waals surface area contributed by atoms with Crippen molar-refractivity contribution in [3.05, 3.63) is 202 Å². The van der Waals surface area contributed by atoms with Gasteiger partial charge >= 0.3 is 175 Å². The number of allylic oxidation sites excluding steroid dienone is 4. The van der Waals surface area contributed by atoms with Crippen molar-refractivity contribution >= 4 is 72.8 Å². The molecule has 6 aromatic rings. The summed E-state index contributed by atoms with van der Waals surface area (Å²) < 4.78 is -1.82. The topological polar surface area (TPSA) is 0 Å². The summed E-state index contributed by atoms with van der Waals surface area (Å²) in [5.74, 6) is 0. The van der Waals surface area contributed by atoms with Crippen LogP contribution in [0.5, 0.6) is 0 Å². The normalized spacial score (nSPS) is 12.7. The van der Waals surface area contributed by atoms with E-state index in [2.05, 4.69) is 139 Å². The van der Waals surface area contributed by atoms with Crippen LogP contribution in [-0.4, -0.2) is 3.21 Å². The van der Waals surface area contributed by atoms with Crippen LogP contribution in [0.2, 0.25) is 0 Å². The minimum Gasteiger partial charge on any atom is -1.00 e. The first-order chi connectivity index (χ1) is 28.2. The molecule has 2 aliphatic rings. The Morgan fingerprint density at radius 3 is 1.48 bits per heavy atom. The van der Waals surface area contributed by atoms with Gasteiger partial charge in [0.1, 0.15) is 0 Å². The van der Waals surface area contributed by atoms with Gasteiger partial charge in [0.2, 0.25) is 0 Å². The van der Waals surface area contributed by atoms with Gasteiger partial charge in [0.15, 0.2) is 0 Å². The van der Waals surface area contributed by atoms with Gasteiger partial charge in [-0.05, 0) is 39.5 Å². The third-order valence-corrected chi connectivity index (χ3v) is 13.1. The van der Waals surface area contributed by atoms with Crippen molar-refractivity contribution in [3.8, 4) is 33.4 Å².